The Hall–Kier alpha value is -2.96. The van der Waals surface area contributed by atoms with Crippen LogP contribution < -0.4 is 14.4 Å². The predicted molar refractivity (Wildman–Crippen MR) is 91.2 cm³/mol. The molecule has 3 rings (SSSR count). The number of ether oxygens (including phenoxy) is 2. The van der Waals surface area contributed by atoms with Crippen molar-refractivity contribution in [2.24, 2.45) is 0 Å². The first-order valence-corrected chi connectivity index (χ1v) is 7.66. The minimum absolute atomic E-state index is 0.138. The summed E-state index contributed by atoms with van der Waals surface area (Å²) in [5.74, 6) is 0.594. The van der Waals surface area contributed by atoms with Crippen LogP contribution in [0.4, 0.5) is 14.6 Å². The number of likely N-dealkylation sites (N-methyl/N-ethyl adjacent to an activating group) is 1. The summed E-state index contributed by atoms with van der Waals surface area (Å²) in [6, 6.07) is 8.74. The number of nitrogens with zero attached hydrogens (tertiary/aromatic N) is 3. The van der Waals surface area contributed by atoms with Gasteiger partial charge >= 0.3 is 0 Å². The van der Waals surface area contributed by atoms with Gasteiger partial charge in [0.1, 0.15) is 30.3 Å². The number of hydrogen-bond donors (Lipinski definition) is 0. The van der Waals surface area contributed by atoms with Crippen molar-refractivity contribution in [3.05, 3.63) is 54.4 Å². The van der Waals surface area contributed by atoms with Gasteiger partial charge in [-0.15, -0.1) is 0 Å². The molecule has 0 atom stereocenters. The zero-order valence-electron chi connectivity index (χ0n) is 13.9. The van der Waals surface area contributed by atoms with Crippen molar-refractivity contribution < 1.29 is 18.3 Å². The van der Waals surface area contributed by atoms with Gasteiger partial charge in [0.25, 0.3) is 0 Å². The third-order valence-electron chi connectivity index (χ3n) is 3.76. The SMILES string of the molecule is COc1cc2c(N(C)CCOc3ccc(F)cc3)ncnc2cc1F. The van der Waals surface area contributed by atoms with E-state index in [1.54, 1.807) is 18.2 Å². The molecule has 0 amide bonds. The number of halogens is 2. The summed E-state index contributed by atoms with van der Waals surface area (Å²) < 4.78 is 37.3. The van der Waals surface area contributed by atoms with E-state index in [0.717, 1.165) is 0 Å². The van der Waals surface area contributed by atoms with Gasteiger partial charge in [-0.25, -0.2) is 18.7 Å². The second-order valence-corrected chi connectivity index (χ2v) is 5.43. The van der Waals surface area contributed by atoms with Gasteiger partial charge in [-0.1, -0.05) is 0 Å². The fourth-order valence-corrected chi connectivity index (χ4v) is 2.44. The number of fused-ring (bicyclic) bond motifs is 1. The van der Waals surface area contributed by atoms with Crippen molar-refractivity contribution in [2.75, 3.05) is 32.2 Å². The van der Waals surface area contributed by atoms with Crippen molar-refractivity contribution in [1.29, 1.82) is 0 Å². The molecule has 0 aliphatic heterocycles. The lowest BCUT2D eigenvalue weighted by Crippen LogP contribution is -2.25. The summed E-state index contributed by atoms with van der Waals surface area (Å²) in [5.41, 5.74) is 0.495. The zero-order valence-corrected chi connectivity index (χ0v) is 13.9. The molecule has 5 nitrogen and oxygen atoms in total. The maximum absolute atomic E-state index is 13.8. The molecule has 0 N–H and O–H groups in total. The largest absolute Gasteiger partial charge is 0.494 e. The van der Waals surface area contributed by atoms with E-state index < -0.39 is 5.82 Å². The fraction of sp³-hybridized carbons (Fsp3) is 0.222. The Kier molecular flexibility index (Phi) is 4.92. The van der Waals surface area contributed by atoms with Gasteiger partial charge in [0.2, 0.25) is 0 Å². The molecule has 1 heterocycles. The first-order chi connectivity index (χ1) is 12.1. The van der Waals surface area contributed by atoms with Crippen molar-refractivity contribution in [3.8, 4) is 11.5 Å². The maximum Gasteiger partial charge on any atom is 0.167 e. The number of aromatic nitrogens is 2. The Morgan fingerprint density at radius 3 is 2.56 bits per heavy atom. The molecule has 7 heteroatoms. The average Bonchev–Trinajstić information content (AvgIpc) is 2.62. The summed E-state index contributed by atoms with van der Waals surface area (Å²) >= 11 is 0. The summed E-state index contributed by atoms with van der Waals surface area (Å²) in [4.78, 5) is 10.3. The Bertz CT molecular complexity index is 872. The minimum atomic E-state index is -0.470. The lowest BCUT2D eigenvalue weighted by atomic mass is 10.2. The van der Waals surface area contributed by atoms with E-state index in [-0.39, 0.29) is 11.6 Å². The van der Waals surface area contributed by atoms with Crippen LogP contribution in [0.2, 0.25) is 0 Å². The van der Waals surface area contributed by atoms with E-state index in [4.69, 9.17) is 9.47 Å². The summed E-state index contributed by atoms with van der Waals surface area (Å²) in [7, 11) is 3.26. The van der Waals surface area contributed by atoms with Crippen LogP contribution >= 0.6 is 0 Å². The average molecular weight is 345 g/mol. The third kappa shape index (κ3) is 3.76. The van der Waals surface area contributed by atoms with Crippen LogP contribution in [0.3, 0.4) is 0 Å². The van der Waals surface area contributed by atoms with E-state index in [1.165, 1.54) is 31.6 Å². The Labute approximate surface area is 143 Å². The van der Waals surface area contributed by atoms with Crippen LogP contribution in [0.15, 0.2) is 42.7 Å². The lowest BCUT2D eigenvalue weighted by Gasteiger charge is -2.20. The molecule has 0 spiro atoms. The Morgan fingerprint density at radius 1 is 1.08 bits per heavy atom. The molecule has 25 heavy (non-hydrogen) atoms. The smallest absolute Gasteiger partial charge is 0.167 e. The highest BCUT2D eigenvalue weighted by molar-refractivity contribution is 5.90. The first kappa shape index (κ1) is 16.9. The molecule has 0 saturated heterocycles. The number of rotatable bonds is 6. The number of hydrogen-bond acceptors (Lipinski definition) is 5. The quantitative estimate of drug-likeness (QED) is 0.685. The van der Waals surface area contributed by atoms with Gasteiger partial charge in [0, 0.05) is 18.5 Å². The van der Waals surface area contributed by atoms with Gasteiger partial charge < -0.3 is 14.4 Å². The molecule has 0 aliphatic carbocycles. The molecular formula is C18H17F2N3O2. The fourth-order valence-electron chi connectivity index (χ4n) is 2.44. The second-order valence-electron chi connectivity index (χ2n) is 5.43. The molecule has 3 aromatic rings. The van der Waals surface area contributed by atoms with E-state index >= 15 is 0 Å². The number of benzene rings is 2. The lowest BCUT2D eigenvalue weighted by molar-refractivity contribution is 0.325. The molecule has 0 saturated carbocycles. The molecule has 0 fully saturated rings. The highest BCUT2D eigenvalue weighted by Gasteiger charge is 2.13. The van der Waals surface area contributed by atoms with Crippen LogP contribution in [-0.2, 0) is 0 Å². The molecule has 0 bridgehead atoms. The number of methoxy groups -OCH3 is 1. The van der Waals surface area contributed by atoms with Crippen LogP contribution in [-0.4, -0.2) is 37.3 Å². The van der Waals surface area contributed by atoms with Crippen molar-refractivity contribution in [3.63, 3.8) is 0 Å². The summed E-state index contributed by atoms with van der Waals surface area (Å²) in [6.45, 7) is 0.912. The Morgan fingerprint density at radius 2 is 1.84 bits per heavy atom. The van der Waals surface area contributed by atoms with Crippen LogP contribution in [0.5, 0.6) is 11.5 Å². The highest BCUT2D eigenvalue weighted by Crippen LogP contribution is 2.28. The molecule has 0 unspecified atom stereocenters. The van der Waals surface area contributed by atoms with Gasteiger partial charge in [0.15, 0.2) is 11.6 Å². The van der Waals surface area contributed by atoms with Gasteiger partial charge in [-0.3, -0.25) is 0 Å². The second kappa shape index (κ2) is 7.29. The molecule has 1 aromatic heterocycles. The number of anilines is 1. The zero-order chi connectivity index (χ0) is 17.8. The molecular weight excluding hydrogens is 328 g/mol. The first-order valence-electron chi connectivity index (χ1n) is 7.66. The summed E-state index contributed by atoms with van der Waals surface area (Å²) in [5, 5.41) is 0.685. The monoisotopic (exact) mass is 345 g/mol. The van der Waals surface area contributed by atoms with E-state index in [0.29, 0.717) is 35.6 Å². The van der Waals surface area contributed by atoms with E-state index in [1.807, 2.05) is 11.9 Å². The van der Waals surface area contributed by atoms with Crippen LogP contribution in [0, 0.1) is 11.6 Å². The van der Waals surface area contributed by atoms with Crippen LogP contribution in [0.25, 0.3) is 10.9 Å². The van der Waals surface area contributed by atoms with Crippen molar-refractivity contribution >= 4 is 16.7 Å². The summed E-state index contributed by atoms with van der Waals surface area (Å²) in [6.07, 6.45) is 1.39. The molecule has 0 radical (unpaired) electrons. The van der Waals surface area contributed by atoms with Gasteiger partial charge in [0.05, 0.1) is 19.2 Å². The third-order valence-corrected chi connectivity index (χ3v) is 3.76. The standard InChI is InChI=1S/C18H17F2N3O2/c1-23(7-8-25-13-5-3-12(19)4-6-13)18-14-9-17(24-2)15(20)10-16(14)21-11-22-18/h3-6,9-11H,7-8H2,1-2H3. The van der Waals surface area contributed by atoms with Crippen LogP contribution in [0.1, 0.15) is 0 Å². The molecule has 2 aromatic carbocycles. The minimum Gasteiger partial charge on any atom is -0.494 e. The van der Waals surface area contributed by atoms with E-state index in [9.17, 15) is 8.78 Å². The highest BCUT2D eigenvalue weighted by atomic mass is 19.1. The van der Waals surface area contributed by atoms with Crippen molar-refractivity contribution in [2.45, 2.75) is 0 Å². The molecule has 130 valence electrons. The van der Waals surface area contributed by atoms with Gasteiger partial charge in [-0.2, -0.15) is 0 Å². The van der Waals surface area contributed by atoms with Gasteiger partial charge in [-0.05, 0) is 30.3 Å². The van der Waals surface area contributed by atoms with Crippen molar-refractivity contribution in [1.82, 2.24) is 9.97 Å². The maximum atomic E-state index is 13.8. The van der Waals surface area contributed by atoms with E-state index in [2.05, 4.69) is 9.97 Å². The molecule has 0 aliphatic rings. The predicted octanol–water partition coefficient (Wildman–Crippen LogP) is 3.43. The topological polar surface area (TPSA) is 47.5 Å². The Balaban J connectivity index is 1.75. The normalized spacial score (nSPS) is 10.7.